The number of aromatic nitrogens is 2. The minimum atomic E-state index is -0.315. The first-order valence-electron chi connectivity index (χ1n) is 4.34. The Balaban J connectivity index is 2.44. The summed E-state index contributed by atoms with van der Waals surface area (Å²) >= 11 is 0. The van der Waals surface area contributed by atoms with Crippen molar-refractivity contribution in [3.8, 4) is 11.4 Å². The van der Waals surface area contributed by atoms with Crippen LogP contribution < -0.4 is 0 Å². The third kappa shape index (κ3) is 2.04. The minimum absolute atomic E-state index is 0.310. The molecule has 3 nitrogen and oxygen atoms in total. The highest BCUT2D eigenvalue weighted by molar-refractivity contribution is 5.72. The SMILES string of the molecule is O=Cc1ccnc(-c2ccc(F)cc2)n1. The van der Waals surface area contributed by atoms with Crippen molar-refractivity contribution in [2.75, 3.05) is 0 Å². The van der Waals surface area contributed by atoms with E-state index in [1.807, 2.05) is 0 Å². The van der Waals surface area contributed by atoms with Gasteiger partial charge in [0.15, 0.2) is 12.1 Å². The van der Waals surface area contributed by atoms with E-state index in [1.54, 1.807) is 12.1 Å². The lowest BCUT2D eigenvalue weighted by Gasteiger charge is -1.99. The molecule has 0 radical (unpaired) electrons. The average Bonchev–Trinajstić information content (AvgIpc) is 2.30. The molecule has 0 atom stereocenters. The molecule has 15 heavy (non-hydrogen) atoms. The van der Waals surface area contributed by atoms with Crippen LogP contribution in [-0.4, -0.2) is 16.3 Å². The zero-order valence-corrected chi connectivity index (χ0v) is 7.72. The lowest BCUT2D eigenvalue weighted by atomic mass is 10.2. The van der Waals surface area contributed by atoms with E-state index in [2.05, 4.69) is 9.97 Å². The van der Waals surface area contributed by atoms with Crippen molar-refractivity contribution >= 4 is 6.29 Å². The Morgan fingerprint density at radius 1 is 1.13 bits per heavy atom. The maximum absolute atomic E-state index is 12.7. The molecule has 0 aliphatic heterocycles. The summed E-state index contributed by atoms with van der Waals surface area (Å²) in [6.45, 7) is 0. The van der Waals surface area contributed by atoms with Gasteiger partial charge in [-0.1, -0.05) is 0 Å². The van der Waals surface area contributed by atoms with E-state index < -0.39 is 0 Å². The second-order valence-electron chi connectivity index (χ2n) is 2.93. The molecule has 0 N–H and O–H groups in total. The molecule has 0 fully saturated rings. The molecule has 0 amide bonds. The molecule has 0 aliphatic carbocycles. The first-order valence-corrected chi connectivity index (χ1v) is 4.34. The highest BCUT2D eigenvalue weighted by Gasteiger charge is 2.01. The van der Waals surface area contributed by atoms with Crippen LogP contribution in [-0.2, 0) is 0 Å². The zero-order valence-electron chi connectivity index (χ0n) is 7.72. The van der Waals surface area contributed by atoms with Gasteiger partial charge in [-0.25, -0.2) is 14.4 Å². The van der Waals surface area contributed by atoms with Gasteiger partial charge in [0.1, 0.15) is 11.5 Å². The number of carbonyl (C=O) groups is 1. The van der Waals surface area contributed by atoms with Crippen LogP contribution in [0.25, 0.3) is 11.4 Å². The Labute approximate surface area is 85.6 Å². The number of carbonyl (C=O) groups excluding carboxylic acids is 1. The quantitative estimate of drug-likeness (QED) is 0.700. The normalized spacial score (nSPS) is 9.93. The van der Waals surface area contributed by atoms with Crippen LogP contribution in [0.3, 0.4) is 0 Å². The minimum Gasteiger partial charge on any atom is -0.296 e. The number of benzene rings is 1. The lowest BCUT2D eigenvalue weighted by molar-refractivity contribution is 0.111. The predicted octanol–water partition coefficient (Wildman–Crippen LogP) is 2.10. The fourth-order valence-corrected chi connectivity index (χ4v) is 1.18. The van der Waals surface area contributed by atoms with Gasteiger partial charge in [0.05, 0.1) is 0 Å². The van der Waals surface area contributed by atoms with Crippen molar-refractivity contribution in [2.24, 2.45) is 0 Å². The number of nitrogens with zero attached hydrogens (tertiary/aromatic N) is 2. The van der Waals surface area contributed by atoms with Crippen molar-refractivity contribution in [2.45, 2.75) is 0 Å². The molecule has 1 aromatic heterocycles. The van der Waals surface area contributed by atoms with Crippen LogP contribution in [0.2, 0.25) is 0 Å². The van der Waals surface area contributed by atoms with Gasteiger partial charge >= 0.3 is 0 Å². The van der Waals surface area contributed by atoms with E-state index in [0.29, 0.717) is 23.4 Å². The van der Waals surface area contributed by atoms with Crippen molar-refractivity contribution in [3.63, 3.8) is 0 Å². The van der Waals surface area contributed by atoms with E-state index in [9.17, 15) is 9.18 Å². The molecule has 0 saturated heterocycles. The number of hydrogen-bond donors (Lipinski definition) is 0. The summed E-state index contributed by atoms with van der Waals surface area (Å²) in [4.78, 5) is 18.5. The van der Waals surface area contributed by atoms with Crippen LogP contribution in [0.5, 0.6) is 0 Å². The molecule has 0 aliphatic rings. The van der Waals surface area contributed by atoms with Crippen LogP contribution in [0.15, 0.2) is 36.5 Å². The molecule has 2 rings (SSSR count). The summed E-state index contributed by atoms with van der Waals surface area (Å²) in [5.74, 6) is 0.102. The highest BCUT2D eigenvalue weighted by atomic mass is 19.1. The summed E-state index contributed by atoms with van der Waals surface area (Å²) in [5.41, 5.74) is 0.990. The van der Waals surface area contributed by atoms with E-state index >= 15 is 0 Å². The second-order valence-corrected chi connectivity index (χ2v) is 2.93. The summed E-state index contributed by atoms with van der Waals surface area (Å²) in [6.07, 6.45) is 2.14. The Morgan fingerprint density at radius 3 is 2.53 bits per heavy atom. The van der Waals surface area contributed by atoms with E-state index in [-0.39, 0.29) is 5.82 Å². The number of aldehydes is 1. The lowest BCUT2D eigenvalue weighted by Crippen LogP contribution is -1.93. The van der Waals surface area contributed by atoms with E-state index in [4.69, 9.17) is 0 Å². The van der Waals surface area contributed by atoms with Gasteiger partial charge in [-0.3, -0.25) is 4.79 Å². The smallest absolute Gasteiger partial charge is 0.168 e. The monoisotopic (exact) mass is 202 g/mol. The summed E-state index contributed by atoms with van der Waals surface area (Å²) in [5, 5.41) is 0. The zero-order chi connectivity index (χ0) is 10.7. The average molecular weight is 202 g/mol. The highest BCUT2D eigenvalue weighted by Crippen LogP contribution is 2.14. The molecular weight excluding hydrogens is 195 g/mol. The van der Waals surface area contributed by atoms with E-state index in [1.165, 1.54) is 24.4 Å². The standard InChI is InChI=1S/C11H7FN2O/c12-9-3-1-8(2-4-9)11-13-6-5-10(7-15)14-11/h1-7H. The van der Waals surface area contributed by atoms with Crippen LogP contribution in [0.1, 0.15) is 10.5 Å². The Morgan fingerprint density at radius 2 is 1.87 bits per heavy atom. The third-order valence-corrected chi connectivity index (χ3v) is 1.90. The molecule has 1 aromatic carbocycles. The molecule has 0 saturated carbocycles. The number of halogens is 1. The van der Waals surface area contributed by atoms with Crippen LogP contribution in [0, 0.1) is 5.82 Å². The Hall–Kier alpha value is -2.10. The van der Waals surface area contributed by atoms with Crippen molar-refractivity contribution in [1.29, 1.82) is 0 Å². The molecule has 2 aromatic rings. The summed E-state index contributed by atoms with van der Waals surface area (Å²) < 4.78 is 12.7. The largest absolute Gasteiger partial charge is 0.296 e. The fraction of sp³-hybridized carbons (Fsp3) is 0. The predicted molar refractivity (Wildman–Crippen MR) is 52.8 cm³/mol. The van der Waals surface area contributed by atoms with Crippen molar-refractivity contribution in [3.05, 3.63) is 48.0 Å². The summed E-state index contributed by atoms with van der Waals surface area (Å²) in [7, 11) is 0. The third-order valence-electron chi connectivity index (χ3n) is 1.90. The maximum atomic E-state index is 12.7. The molecular formula is C11H7FN2O. The van der Waals surface area contributed by atoms with E-state index in [0.717, 1.165) is 0 Å². The van der Waals surface area contributed by atoms with Gasteiger partial charge in [-0.05, 0) is 30.3 Å². The summed E-state index contributed by atoms with van der Waals surface area (Å²) in [6, 6.07) is 7.30. The van der Waals surface area contributed by atoms with Crippen LogP contribution >= 0.6 is 0 Å². The molecule has 0 spiro atoms. The Kier molecular flexibility index (Phi) is 2.49. The number of rotatable bonds is 2. The van der Waals surface area contributed by atoms with Gasteiger partial charge in [-0.15, -0.1) is 0 Å². The van der Waals surface area contributed by atoms with Gasteiger partial charge in [0.25, 0.3) is 0 Å². The first kappa shape index (κ1) is 9.45. The van der Waals surface area contributed by atoms with Gasteiger partial charge in [0, 0.05) is 11.8 Å². The molecule has 1 heterocycles. The Bertz CT molecular complexity index is 482. The van der Waals surface area contributed by atoms with Gasteiger partial charge in [0.2, 0.25) is 0 Å². The van der Waals surface area contributed by atoms with Crippen LogP contribution in [0.4, 0.5) is 4.39 Å². The fourth-order valence-electron chi connectivity index (χ4n) is 1.18. The maximum Gasteiger partial charge on any atom is 0.168 e. The van der Waals surface area contributed by atoms with Crippen molar-refractivity contribution < 1.29 is 9.18 Å². The molecule has 0 bridgehead atoms. The molecule has 74 valence electrons. The van der Waals surface area contributed by atoms with Gasteiger partial charge in [-0.2, -0.15) is 0 Å². The topological polar surface area (TPSA) is 42.9 Å². The second kappa shape index (κ2) is 3.96. The molecule has 0 unspecified atom stereocenters. The number of hydrogen-bond acceptors (Lipinski definition) is 3. The van der Waals surface area contributed by atoms with Crippen molar-refractivity contribution in [1.82, 2.24) is 9.97 Å². The first-order chi connectivity index (χ1) is 7.29. The van der Waals surface area contributed by atoms with Gasteiger partial charge < -0.3 is 0 Å². The molecule has 4 heteroatoms.